The largest absolute Gasteiger partial charge is 0.325 e. The molecule has 0 atom stereocenters. The van der Waals surface area contributed by atoms with Crippen LogP contribution in [0.3, 0.4) is 0 Å². The number of amides is 3. The monoisotopic (exact) mass is 272 g/mol. The number of aryl methyl sites for hydroxylation is 2. The van der Waals surface area contributed by atoms with Gasteiger partial charge in [-0.1, -0.05) is 36.6 Å². The molecule has 1 aliphatic carbocycles. The molecule has 3 amide bonds. The van der Waals surface area contributed by atoms with Gasteiger partial charge in [0, 0.05) is 6.54 Å². The first-order chi connectivity index (χ1) is 9.53. The Hall–Kier alpha value is -1.84. The van der Waals surface area contributed by atoms with Crippen molar-refractivity contribution < 1.29 is 9.59 Å². The summed E-state index contributed by atoms with van der Waals surface area (Å²) in [6, 6.07) is 6.01. The van der Waals surface area contributed by atoms with E-state index in [0.717, 1.165) is 36.8 Å². The molecule has 3 rings (SSSR count). The molecule has 20 heavy (non-hydrogen) atoms. The lowest BCUT2D eigenvalue weighted by Gasteiger charge is -2.31. The maximum Gasteiger partial charge on any atom is 0.325 e. The Morgan fingerprint density at radius 2 is 1.90 bits per heavy atom. The lowest BCUT2D eigenvalue weighted by atomic mass is 9.94. The summed E-state index contributed by atoms with van der Waals surface area (Å²) in [6.07, 6.45) is 3.61. The molecule has 0 radical (unpaired) electrons. The Bertz CT molecular complexity index is 574. The SMILES string of the molecule is Cc1ccc(C)c(CN2C(=O)NC(=O)C23CCCC3)c1. The summed E-state index contributed by atoms with van der Waals surface area (Å²) in [5.74, 6) is -0.106. The molecule has 1 aromatic carbocycles. The van der Waals surface area contributed by atoms with E-state index in [4.69, 9.17) is 0 Å². The molecular formula is C16H20N2O2. The normalized spacial score (nSPS) is 20.8. The highest BCUT2D eigenvalue weighted by molar-refractivity contribution is 6.07. The topological polar surface area (TPSA) is 49.4 Å². The fraction of sp³-hybridized carbons (Fsp3) is 0.500. The number of carbonyl (C=O) groups excluding carboxylic acids is 2. The number of hydrogen-bond acceptors (Lipinski definition) is 2. The van der Waals surface area contributed by atoms with Crippen LogP contribution in [0.5, 0.6) is 0 Å². The van der Waals surface area contributed by atoms with Crippen molar-refractivity contribution in [3.8, 4) is 0 Å². The van der Waals surface area contributed by atoms with Gasteiger partial charge in [0.2, 0.25) is 0 Å². The van der Waals surface area contributed by atoms with Gasteiger partial charge in [0.15, 0.2) is 0 Å². The van der Waals surface area contributed by atoms with E-state index in [1.54, 1.807) is 4.90 Å². The standard InChI is InChI=1S/C16H20N2O2/c1-11-5-6-12(2)13(9-11)10-18-15(20)17-14(19)16(18)7-3-4-8-16/h5-6,9H,3-4,7-8,10H2,1-2H3,(H,17,19,20). The molecule has 1 heterocycles. The highest BCUT2D eigenvalue weighted by atomic mass is 16.2. The van der Waals surface area contributed by atoms with Crippen LogP contribution in [-0.2, 0) is 11.3 Å². The first-order valence-corrected chi connectivity index (χ1v) is 7.22. The fourth-order valence-corrected chi connectivity index (χ4v) is 3.42. The van der Waals surface area contributed by atoms with E-state index in [-0.39, 0.29) is 11.9 Å². The molecule has 0 unspecified atom stereocenters. The molecule has 4 heteroatoms. The average Bonchev–Trinajstić information content (AvgIpc) is 2.97. The van der Waals surface area contributed by atoms with Gasteiger partial charge in [0.05, 0.1) is 0 Å². The smallest absolute Gasteiger partial charge is 0.305 e. The molecule has 2 aliphatic rings. The van der Waals surface area contributed by atoms with E-state index < -0.39 is 5.54 Å². The Kier molecular flexibility index (Phi) is 3.04. The zero-order chi connectivity index (χ0) is 14.3. The summed E-state index contributed by atoms with van der Waals surface area (Å²) < 4.78 is 0. The average molecular weight is 272 g/mol. The van der Waals surface area contributed by atoms with E-state index in [1.165, 1.54) is 5.56 Å². The van der Waals surface area contributed by atoms with Crippen molar-refractivity contribution in [1.29, 1.82) is 0 Å². The van der Waals surface area contributed by atoms with Crippen LogP contribution in [0.15, 0.2) is 18.2 Å². The summed E-state index contributed by atoms with van der Waals surface area (Å²) in [6.45, 7) is 4.61. The summed E-state index contributed by atoms with van der Waals surface area (Å²) in [5, 5.41) is 2.50. The van der Waals surface area contributed by atoms with Crippen LogP contribution in [0.4, 0.5) is 4.79 Å². The number of carbonyl (C=O) groups is 2. The number of nitrogens with zero attached hydrogens (tertiary/aromatic N) is 1. The van der Waals surface area contributed by atoms with Crippen LogP contribution >= 0.6 is 0 Å². The van der Waals surface area contributed by atoms with Crippen molar-refractivity contribution in [2.75, 3.05) is 0 Å². The van der Waals surface area contributed by atoms with Gasteiger partial charge in [-0.15, -0.1) is 0 Å². The van der Waals surface area contributed by atoms with Gasteiger partial charge < -0.3 is 4.90 Å². The third kappa shape index (κ3) is 1.90. The number of imide groups is 1. The van der Waals surface area contributed by atoms with Crippen molar-refractivity contribution >= 4 is 11.9 Å². The van der Waals surface area contributed by atoms with Gasteiger partial charge in [0.25, 0.3) is 5.91 Å². The van der Waals surface area contributed by atoms with Crippen molar-refractivity contribution in [3.05, 3.63) is 34.9 Å². The van der Waals surface area contributed by atoms with E-state index in [1.807, 2.05) is 13.8 Å². The molecule has 0 aromatic heterocycles. The van der Waals surface area contributed by atoms with Crippen molar-refractivity contribution in [2.24, 2.45) is 0 Å². The van der Waals surface area contributed by atoms with Gasteiger partial charge in [-0.25, -0.2) is 4.79 Å². The first-order valence-electron chi connectivity index (χ1n) is 7.22. The van der Waals surface area contributed by atoms with Gasteiger partial charge >= 0.3 is 6.03 Å². The maximum atomic E-state index is 12.2. The van der Waals surface area contributed by atoms with Crippen LogP contribution in [0, 0.1) is 13.8 Å². The predicted molar refractivity (Wildman–Crippen MR) is 76.2 cm³/mol. The summed E-state index contributed by atoms with van der Waals surface area (Å²) in [5.41, 5.74) is 2.88. The molecule has 4 nitrogen and oxygen atoms in total. The lowest BCUT2D eigenvalue weighted by Crippen LogP contribution is -2.46. The molecule has 106 valence electrons. The van der Waals surface area contributed by atoms with Gasteiger partial charge in [-0.2, -0.15) is 0 Å². The third-order valence-electron chi connectivity index (χ3n) is 4.67. The first kappa shape index (κ1) is 13.2. The summed E-state index contributed by atoms with van der Waals surface area (Å²) >= 11 is 0. The van der Waals surface area contributed by atoms with E-state index >= 15 is 0 Å². The minimum absolute atomic E-state index is 0.106. The Balaban J connectivity index is 1.94. The van der Waals surface area contributed by atoms with Crippen LogP contribution in [-0.4, -0.2) is 22.4 Å². The molecular weight excluding hydrogens is 252 g/mol. The number of urea groups is 1. The van der Waals surface area contributed by atoms with Crippen LogP contribution in [0.2, 0.25) is 0 Å². The third-order valence-corrected chi connectivity index (χ3v) is 4.67. The van der Waals surface area contributed by atoms with Gasteiger partial charge in [-0.05, 0) is 37.8 Å². The predicted octanol–water partition coefficient (Wildman–Crippen LogP) is 2.67. The van der Waals surface area contributed by atoms with Gasteiger partial charge in [-0.3, -0.25) is 10.1 Å². The second-order valence-electron chi connectivity index (χ2n) is 6.01. The summed E-state index contributed by atoms with van der Waals surface area (Å²) in [4.78, 5) is 26.1. The number of hydrogen-bond donors (Lipinski definition) is 1. The molecule has 1 N–H and O–H groups in total. The summed E-state index contributed by atoms with van der Waals surface area (Å²) in [7, 11) is 0. The maximum absolute atomic E-state index is 12.2. The molecule has 1 aromatic rings. The Morgan fingerprint density at radius 3 is 2.60 bits per heavy atom. The number of nitrogens with one attached hydrogen (secondary N) is 1. The fourth-order valence-electron chi connectivity index (χ4n) is 3.42. The second kappa shape index (κ2) is 4.62. The molecule has 1 aliphatic heterocycles. The molecule has 1 saturated heterocycles. The minimum Gasteiger partial charge on any atom is -0.305 e. The van der Waals surface area contributed by atoms with Crippen molar-refractivity contribution in [1.82, 2.24) is 10.2 Å². The van der Waals surface area contributed by atoms with Crippen LogP contribution in [0.1, 0.15) is 42.4 Å². The van der Waals surface area contributed by atoms with Crippen LogP contribution in [0.25, 0.3) is 0 Å². The number of benzene rings is 1. The zero-order valence-electron chi connectivity index (χ0n) is 12.0. The second-order valence-corrected chi connectivity index (χ2v) is 6.01. The molecule has 0 bridgehead atoms. The molecule has 2 fully saturated rings. The van der Waals surface area contributed by atoms with E-state index in [0.29, 0.717) is 6.54 Å². The molecule has 1 spiro atoms. The Morgan fingerprint density at radius 1 is 1.20 bits per heavy atom. The highest BCUT2D eigenvalue weighted by Crippen LogP contribution is 2.39. The van der Waals surface area contributed by atoms with Crippen LogP contribution < -0.4 is 5.32 Å². The minimum atomic E-state index is -0.590. The van der Waals surface area contributed by atoms with E-state index in [9.17, 15) is 9.59 Å². The van der Waals surface area contributed by atoms with E-state index in [2.05, 4.69) is 23.5 Å². The molecule has 1 saturated carbocycles. The quantitative estimate of drug-likeness (QED) is 0.841. The highest BCUT2D eigenvalue weighted by Gasteiger charge is 2.53. The van der Waals surface area contributed by atoms with Crippen molar-refractivity contribution in [3.63, 3.8) is 0 Å². The van der Waals surface area contributed by atoms with Crippen molar-refractivity contribution in [2.45, 2.75) is 51.6 Å². The number of rotatable bonds is 2. The zero-order valence-corrected chi connectivity index (χ0v) is 12.0. The lowest BCUT2D eigenvalue weighted by molar-refractivity contribution is -0.126. The Labute approximate surface area is 119 Å². The van der Waals surface area contributed by atoms with Gasteiger partial charge in [0.1, 0.15) is 5.54 Å².